The molecule has 4 aliphatic rings. The number of ketones is 1. The van der Waals surface area contributed by atoms with Gasteiger partial charge in [-0.2, -0.15) is 0 Å². The Morgan fingerprint density at radius 3 is 2.60 bits per heavy atom. The molecule has 0 unspecified atom stereocenters. The second-order valence-corrected chi connectivity index (χ2v) is 12.4. The molecule has 0 saturated heterocycles. The molecule has 0 amide bonds. The monoisotopic (exact) mass is 416 g/mol. The molecule has 3 saturated carbocycles. The molecule has 4 rings (SSSR count). The van der Waals surface area contributed by atoms with E-state index < -0.39 is 11.7 Å². The second kappa shape index (κ2) is 7.73. The summed E-state index contributed by atoms with van der Waals surface area (Å²) in [6, 6.07) is 0. The molecule has 30 heavy (non-hydrogen) atoms. The molecule has 170 valence electrons. The lowest BCUT2D eigenvalue weighted by Gasteiger charge is -2.59. The van der Waals surface area contributed by atoms with E-state index in [1.165, 1.54) is 12.0 Å². The Morgan fingerprint density at radius 2 is 1.90 bits per heavy atom. The van der Waals surface area contributed by atoms with Gasteiger partial charge in [0.25, 0.3) is 0 Å². The van der Waals surface area contributed by atoms with Gasteiger partial charge in [-0.1, -0.05) is 46.1 Å². The maximum Gasteiger partial charge on any atom is 0.155 e. The van der Waals surface area contributed by atoms with Crippen LogP contribution in [0.2, 0.25) is 0 Å². The Labute approximate surface area is 183 Å². The minimum absolute atomic E-state index is 0.0178. The third kappa shape index (κ3) is 3.52. The number of aliphatic hydroxyl groups is 2. The van der Waals surface area contributed by atoms with Crippen LogP contribution in [0.1, 0.15) is 98.8 Å². The van der Waals surface area contributed by atoms with Gasteiger partial charge in [-0.25, -0.2) is 0 Å². The Hall–Kier alpha value is -0.670. The normalized spacial score (nSPS) is 45.4. The van der Waals surface area contributed by atoms with Gasteiger partial charge < -0.3 is 10.2 Å². The summed E-state index contributed by atoms with van der Waals surface area (Å²) in [5, 5.41) is 22.8. The number of rotatable bonds is 5. The molecule has 4 aliphatic carbocycles. The Kier molecular flexibility index (Phi) is 5.80. The number of hydrogen-bond acceptors (Lipinski definition) is 3. The predicted molar refractivity (Wildman–Crippen MR) is 121 cm³/mol. The zero-order valence-electron chi connectivity index (χ0n) is 19.9. The van der Waals surface area contributed by atoms with Crippen molar-refractivity contribution in [3.63, 3.8) is 0 Å². The van der Waals surface area contributed by atoms with Crippen LogP contribution in [0.3, 0.4) is 0 Å². The Balaban J connectivity index is 1.57. The molecular weight excluding hydrogens is 372 g/mol. The van der Waals surface area contributed by atoms with E-state index in [0.717, 1.165) is 51.4 Å². The lowest BCUT2D eigenvalue weighted by Crippen LogP contribution is -2.54. The summed E-state index contributed by atoms with van der Waals surface area (Å²) in [6.07, 6.45) is 11.5. The zero-order valence-corrected chi connectivity index (χ0v) is 19.9. The van der Waals surface area contributed by atoms with E-state index in [1.807, 2.05) is 13.0 Å². The van der Waals surface area contributed by atoms with E-state index >= 15 is 0 Å². The van der Waals surface area contributed by atoms with Crippen molar-refractivity contribution in [3.05, 3.63) is 11.6 Å². The molecule has 0 aromatic rings. The highest BCUT2D eigenvalue weighted by Gasteiger charge is 2.64. The van der Waals surface area contributed by atoms with Gasteiger partial charge in [0.1, 0.15) is 0 Å². The van der Waals surface area contributed by atoms with Crippen LogP contribution in [0.15, 0.2) is 11.6 Å². The SMILES string of the molecule is CC(C)CCC[C@](C)(O)[C@H]1[C@@H](O)C[C@H]2[C@@H]3CCC4=CC(=O)CC[C@]4(C)[C@H]3CC[C@@]21C. The standard InChI is InChI=1S/C27H44O3/c1-17(2)7-6-12-27(5,30)24-23(29)16-22-20-9-8-18-15-19(28)10-13-25(18,3)21(20)11-14-26(22,24)4/h15,17,20-24,29-30H,6-14,16H2,1-5H3/t20-,21+,22+,23+,24+,25+,26+,27+/m1/s1. The van der Waals surface area contributed by atoms with Crippen LogP contribution in [0.5, 0.6) is 0 Å². The van der Waals surface area contributed by atoms with Crippen LogP contribution >= 0.6 is 0 Å². The van der Waals surface area contributed by atoms with Gasteiger partial charge in [0.2, 0.25) is 0 Å². The van der Waals surface area contributed by atoms with Gasteiger partial charge in [0.15, 0.2) is 5.78 Å². The summed E-state index contributed by atoms with van der Waals surface area (Å²) < 4.78 is 0. The van der Waals surface area contributed by atoms with Crippen molar-refractivity contribution in [2.75, 3.05) is 0 Å². The first-order valence-electron chi connectivity index (χ1n) is 12.6. The molecule has 0 aromatic carbocycles. The van der Waals surface area contributed by atoms with Gasteiger partial charge in [0.05, 0.1) is 11.7 Å². The number of allylic oxidation sites excluding steroid dienone is 1. The maximum absolute atomic E-state index is 12.0. The summed E-state index contributed by atoms with van der Waals surface area (Å²) in [5.74, 6) is 2.67. The minimum Gasteiger partial charge on any atom is -0.393 e. The Bertz CT molecular complexity index is 707. The molecule has 0 radical (unpaired) electrons. The average Bonchev–Trinajstić information content (AvgIpc) is 2.92. The fraction of sp³-hybridized carbons (Fsp3) is 0.889. The second-order valence-electron chi connectivity index (χ2n) is 12.4. The molecule has 8 atom stereocenters. The van der Waals surface area contributed by atoms with E-state index in [1.54, 1.807) is 0 Å². The molecule has 0 spiro atoms. The fourth-order valence-corrected chi connectivity index (χ4v) is 8.72. The van der Waals surface area contributed by atoms with Gasteiger partial charge in [-0.15, -0.1) is 0 Å². The van der Waals surface area contributed by atoms with Crippen LogP contribution in [-0.4, -0.2) is 27.7 Å². The van der Waals surface area contributed by atoms with E-state index in [4.69, 9.17) is 0 Å². The van der Waals surface area contributed by atoms with Gasteiger partial charge in [-0.05, 0) is 92.4 Å². The van der Waals surface area contributed by atoms with Gasteiger partial charge >= 0.3 is 0 Å². The van der Waals surface area contributed by atoms with Crippen LogP contribution < -0.4 is 0 Å². The van der Waals surface area contributed by atoms with Crippen molar-refractivity contribution < 1.29 is 15.0 Å². The molecule has 0 aromatic heterocycles. The van der Waals surface area contributed by atoms with Crippen LogP contribution in [0.25, 0.3) is 0 Å². The maximum atomic E-state index is 12.0. The molecule has 2 N–H and O–H groups in total. The Morgan fingerprint density at radius 1 is 1.17 bits per heavy atom. The predicted octanol–water partition coefficient (Wildman–Crippen LogP) is 5.68. The number of carbonyl (C=O) groups is 1. The highest BCUT2D eigenvalue weighted by molar-refractivity contribution is 5.91. The molecule has 3 fully saturated rings. The molecular formula is C27H44O3. The van der Waals surface area contributed by atoms with Crippen molar-refractivity contribution in [2.45, 2.75) is 111 Å². The molecule has 3 nitrogen and oxygen atoms in total. The van der Waals surface area contributed by atoms with Crippen LogP contribution in [-0.2, 0) is 4.79 Å². The van der Waals surface area contributed by atoms with Crippen molar-refractivity contribution in [2.24, 2.45) is 40.4 Å². The first kappa shape index (κ1) is 22.5. The summed E-state index contributed by atoms with van der Waals surface area (Å²) >= 11 is 0. The highest BCUT2D eigenvalue weighted by Crippen LogP contribution is 2.68. The summed E-state index contributed by atoms with van der Waals surface area (Å²) in [4.78, 5) is 12.0. The van der Waals surface area contributed by atoms with E-state index in [0.29, 0.717) is 35.9 Å². The van der Waals surface area contributed by atoms with E-state index in [-0.39, 0.29) is 16.7 Å². The van der Waals surface area contributed by atoms with Crippen molar-refractivity contribution >= 4 is 5.78 Å². The lowest BCUT2D eigenvalue weighted by atomic mass is 9.46. The van der Waals surface area contributed by atoms with E-state index in [2.05, 4.69) is 27.7 Å². The van der Waals surface area contributed by atoms with E-state index in [9.17, 15) is 15.0 Å². The molecule has 0 bridgehead atoms. The third-order valence-corrected chi connectivity index (χ3v) is 10.1. The zero-order chi connectivity index (χ0) is 21.9. The average molecular weight is 417 g/mol. The van der Waals surface area contributed by atoms with Crippen molar-refractivity contribution in [1.82, 2.24) is 0 Å². The highest BCUT2D eigenvalue weighted by atomic mass is 16.3. The topological polar surface area (TPSA) is 57.5 Å². The van der Waals surface area contributed by atoms with Gasteiger partial charge in [0, 0.05) is 12.3 Å². The summed E-state index contributed by atoms with van der Waals surface area (Å²) in [5.41, 5.74) is 0.788. The minimum atomic E-state index is -0.800. The smallest absolute Gasteiger partial charge is 0.155 e. The number of aliphatic hydroxyl groups excluding tert-OH is 1. The number of hydrogen-bond donors (Lipinski definition) is 2. The van der Waals surface area contributed by atoms with Crippen molar-refractivity contribution in [1.29, 1.82) is 0 Å². The largest absolute Gasteiger partial charge is 0.393 e. The van der Waals surface area contributed by atoms with Crippen LogP contribution in [0.4, 0.5) is 0 Å². The fourth-order valence-electron chi connectivity index (χ4n) is 8.72. The first-order valence-corrected chi connectivity index (χ1v) is 12.6. The first-order chi connectivity index (χ1) is 14.0. The lowest BCUT2D eigenvalue weighted by molar-refractivity contribution is -0.128. The number of carbonyl (C=O) groups excluding carboxylic acids is 1. The molecule has 0 aliphatic heterocycles. The molecule has 0 heterocycles. The van der Waals surface area contributed by atoms with Crippen LogP contribution in [0, 0.1) is 40.4 Å². The summed E-state index contributed by atoms with van der Waals surface area (Å²) in [6.45, 7) is 11.3. The van der Waals surface area contributed by atoms with Gasteiger partial charge in [-0.3, -0.25) is 4.79 Å². The van der Waals surface area contributed by atoms with Crippen molar-refractivity contribution in [3.8, 4) is 0 Å². The summed E-state index contributed by atoms with van der Waals surface area (Å²) in [7, 11) is 0. The third-order valence-electron chi connectivity index (χ3n) is 10.1. The number of fused-ring (bicyclic) bond motifs is 5. The molecule has 3 heteroatoms. The quantitative estimate of drug-likeness (QED) is 0.606.